The average molecular weight is 268 g/mol. The topological polar surface area (TPSA) is 47.6 Å². The Bertz CT molecular complexity index is 269. The third-order valence-electron chi connectivity index (χ3n) is 4.20. The molecule has 0 aromatic heterocycles. The van der Waals surface area contributed by atoms with Gasteiger partial charge in [-0.1, -0.05) is 12.8 Å². The van der Waals surface area contributed by atoms with Crippen LogP contribution in [-0.2, 0) is 4.79 Å². The van der Waals surface area contributed by atoms with Crippen molar-refractivity contribution in [3.63, 3.8) is 0 Å². The van der Waals surface area contributed by atoms with Gasteiger partial charge in [0.15, 0.2) is 0 Å². The number of carbonyl (C=O) groups excluding carboxylic acids is 1. The van der Waals surface area contributed by atoms with Crippen LogP contribution in [0.4, 0.5) is 0 Å². The molecule has 1 amide bonds. The third kappa shape index (κ3) is 5.09. The number of hydrogen-bond donors (Lipinski definition) is 2. The van der Waals surface area contributed by atoms with Gasteiger partial charge in [0.05, 0.1) is 6.04 Å². The van der Waals surface area contributed by atoms with Crippen LogP contribution in [-0.4, -0.2) is 74.6 Å². The molecule has 0 radical (unpaired) electrons. The molecule has 110 valence electrons. The Hall–Kier alpha value is -0.650. The van der Waals surface area contributed by atoms with Gasteiger partial charge in [0, 0.05) is 39.3 Å². The molecule has 2 aliphatic heterocycles. The van der Waals surface area contributed by atoms with Crippen LogP contribution in [0.15, 0.2) is 0 Å². The van der Waals surface area contributed by atoms with E-state index in [1.807, 2.05) is 0 Å². The van der Waals surface area contributed by atoms with Gasteiger partial charge in [-0.3, -0.25) is 9.69 Å². The number of likely N-dealkylation sites (N-methyl/N-ethyl adjacent to an activating group) is 1. The normalized spacial score (nSPS) is 26.9. The molecule has 0 spiro atoms. The van der Waals surface area contributed by atoms with Crippen molar-refractivity contribution in [3.05, 3.63) is 0 Å². The van der Waals surface area contributed by atoms with E-state index in [4.69, 9.17) is 0 Å². The molecular formula is C14H28N4O. The minimum atomic E-state index is 0.0370. The van der Waals surface area contributed by atoms with Gasteiger partial charge in [-0.15, -0.1) is 0 Å². The van der Waals surface area contributed by atoms with Gasteiger partial charge < -0.3 is 15.5 Å². The van der Waals surface area contributed by atoms with Crippen LogP contribution in [0.1, 0.15) is 25.7 Å². The summed E-state index contributed by atoms with van der Waals surface area (Å²) in [6, 6.07) is 0.0370. The summed E-state index contributed by atoms with van der Waals surface area (Å²) in [7, 11) is 2.16. The zero-order valence-electron chi connectivity index (χ0n) is 12.2. The van der Waals surface area contributed by atoms with E-state index >= 15 is 0 Å². The number of rotatable bonds is 4. The second kappa shape index (κ2) is 7.82. The van der Waals surface area contributed by atoms with E-state index in [2.05, 4.69) is 27.5 Å². The lowest BCUT2D eigenvalue weighted by Gasteiger charge is -2.32. The SMILES string of the molecule is CN1CCN(CCNC(=O)C2CCCCCN2)CC1. The highest BCUT2D eigenvalue weighted by atomic mass is 16.2. The molecule has 2 fully saturated rings. The molecule has 2 heterocycles. The molecule has 5 nitrogen and oxygen atoms in total. The summed E-state index contributed by atoms with van der Waals surface area (Å²) in [6.07, 6.45) is 4.60. The molecule has 0 aromatic rings. The van der Waals surface area contributed by atoms with Crippen molar-refractivity contribution in [2.45, 2.75) is 31.7 Å². The Morgan fingerprint density at radius 1 is 1.21 bits per heavy atom. The van der Waals surface area contributed by atoms with Crippen LogP contribution in [0.5, 0.6) is 0 Å². The van der Waals surface area contributed by atoms with Crippen LogP contribution in [0.3, 0.4) is 0 Å². The van der Waals surface area contributed by atoms with Crippen LogP contribution in [0, 0.1) is 0 Å². The quantitative estimate of drug-likeness (QED) is 0.746. The Labute approximate surface area is 116 Å². The predicted molar refractivity (Wildman–Crippen MR) is 77.2 cm³/mol. The van der Waals surface area contributed by atoms with E-state index in [0.29, 0.717) is 0 Å². The summed E-state index contributed by atoms with van der Waals surface area (Å²) in [5.74, 6) is 0.191. The molecule has 0 bridgehead atoms. The molecule has 0 aromatic carbocycles. The first kappa shape index (κ1) is 14.8. The standard InChI is InChI=1S/C14H28N4O/c1-17-9-11-18(12-10-17)8-7-16-14(19)13-5-3-2-4-6-15-13/h13,15H,2-12H2,1H3,(H,16,19). The molecule has 19 heavy (non-hydrogen) atoms. The molecular weight excluding hydrogens is 240 g/mol. The molecule has 0 aliphatic carbocycles. The smallest absolute Gasteiger partial charge is 0.237 e. The van der Waals surface area contributed by atoms with Gasteiger partial charge in [0.25, 0.3) is 0 Å². The van der Waals surface area contributed by atoms with Gasteiger partial charge in [-0.2, -0.15) is 0 Å². The number of nitrogens with one attached hydrogen (secondary N) is 2. The maximum absolute atomic E-state index is 12.0. The summed E-state index contributed by atoms with van der Waals surface area (Å²) in [5, 5.41) is 6.43. The number of piperazine rings is 1. The van der Waals surface area contributed by atoms with Crippen molar-refractivity contribution in [2.24, 2.45) is 0 Å². The Balaban J connectivity index is 1.60. The van der Waals surface area contributed by atoms with Crippen molar-refractivity contribution >= 4 is 5.91 Å². The lowest BCUT2D eigenvalue weighted by Crippen LogP contribution is -2.49. The summed E-state index contributed by atoms with van der Waals surface area (Å²) >= 11 is 0. The van der Waals surface area contributed by atoms with Crippen molar-refractivity contribution in [2.75, 3.05) is 52.9 Å². The molecule has 2 rings (SSSR count). The monoisotopic (exact) mass is 268 g/mol. The summed E-state index contributed by atoms with van der Waals surface area (Å²) in [4.78, 5) is 16.8. The second-order valence-electron chi connectivity index (χ2n) is 5.79. The Kier molecular flexibility index (Phi) is 6.07. The summed E-state index contributed by atoms with van der Waals surface area (Å²) in [5.41, 5.74) is 0. The van der Waals surface area contributed by atoms with Crippen molar-refractivity contribution in [1.82, 2.24) is 20.4 Å². The molecule has 0 saturated carbocycles. The molecule has 1 atom stereocenters. The lowest BCUT2D eigenvalue weighted by atomic mass is 10.1. The van der Waals surface area contributed by atoms with E-state index in [1.165, 1.54) is 19.3 Å². The van der Waals surface area contributed by atoms with E-state index in [1.54, 1.807) is 0 Å². The molecule has 2 saturated heterocycles. The molecule has 1 unspecified atom stereocenters. The van der Waals surface area contributed by atoms with Crippen molar-refractivity contribution in [3.8, 4) is 0 Å². The van der Waals surface area contributed by atoms with E-state index < -0.39 is 0 Å². The van der Waals surface area contributed by atoms with Gasteiger partial charge >= 0.3 is 0 Å². The first-order valence-corrected chi connectivity index (χ1v) is 7.68. The fourth-order valence-electron chi connectivity index (χ4n) is 2.78. The first-order valence-electron chi connectivity index (χ1n) is 7.68. The molecule has 5 heteroatoms. The highest BCUT2D eigenvalue weighted by molar-refractivity contribution is 5.81. The zero-order chi connectivity index (χ0) is 13.5. The first-order chi connectivity index (χ1) is 9.25. The van der Waals surface area contributed by atoms with Crippen LogP contribution >= 0.6 is 0 Å². The number of nitrogens with zero attached hydrogens (tertiary/aromatic N) is 2. The summed E-state index contributed by atoms with van der Waals surface area (Å²) in [6.45, 7) is 7.25. The van der Waals surface area contributed by atoms with Gasteiger partial charge in [-0.05, 0) is 26.4 Å². The van der Waals surface area contributed by atoms with Crippen LogP contribution < -0.4 is 10.6 Å². The van der Waals surface area contributed by atoms with Crippen molar-refractivity contribution < 1.29 is 4.79 Å². The number of carbonyl (C=O) groups is 1. The highest BCUT2D eigenvalue weighted by Gasteiger charge is 2.19. The minimum Gasteiger partial charge on any atom is -0.353 e. The highest BCUT2D eigenvalue weighted by Crippen LogP contribution is 2.08. The third-order valence-corrected chi connectivity index (χ3v) is 4.20. The number of hydrogen-bond acceptors (Lipinski definition) is 4. The Morgan fingerprint density at radius 2 is 2.00 bits per heavy atom. The van der Waals surface area contributed by atoms with Crippen LogP contribution in [0.2, 0.25) is 0 Å². The van der Waals surface area contributed by atoms with E-state index in [0.717, 1.165) is 52.2 Å². The van der Waals surface area contributed by atoms with Crippen molar-refractivity contribution in [1.29, 1.82) is 0 Å². The molecule has 2 aliphatic rings. The van der Waals surface area contributed by atoms with E-state index in [9.17, 15) is 4.79 Å². The van der Waals surface area contributed by atoms with Gasteiger partial charge in [0.1, 0.15) is 0 Å². The largest absolute Gasteiger partial charge is 0.353 e. The maximum atomic E-state index is 12.0. The van der Waals surface area contributed by atoms with Gasteiger partial charge in [-0.25, -0.2) is 0 Å². The van der Waals surface area contributed by atoms with Crippen LogP contribution in [0.25, 0.3) is 0 Å². The van der Waals surface area contributed by atoms with E-state index in [-0.39, 0.29) is 11.9 Å². The lowest BCUT2D eigenvalue weighted by molar-refractivity contribution is -0.123. The average Bonchev–Trinajstić information content (AvgIpc) is 2.70. The maximum Gasteiger partial charge on any atom is 0.237 e. The Morgan fingerprint density at radius 3 is 2.79 bits per heavy atom. The molecule has 2 N–H and O–H groups in total. The predicted octanol–water partition coefficient (Wildman–Crippen LogP) is -0.118. The minimum absolute atomic E-state index is 0.0370. The fraction of sp³-hybridized carbons (Fsp3) is 0.929. The second-order valence-corrected chi connectivity index (χ2v) is 5.79. The number of amides is 1. The van der Waals surface area contributed by atoms with Gasteiger partial charge in [0.2, 0.25) is 5.91 Å². The fourth-order valence-corrected chi connectivity index (χ4v) is 2.78. The summed E-state index contributed by atoms with van der Waals surface area (Å²) < 4.78 is 0. The zero-order valence-corrected chi connectivity index (χ0v) is 12.2.